The Hall–Kier alpha value is -0.470. The van der Waals surface area contributed by atoms with Crippen molar-refractivity contribution in [3.8, 4) is 11.8 Å². The molecule has 0 fully saturated rings. The second-order valence-corrected chi connectivity index (χ2v) is 1.95. The van der Waals surface area contributed by atoms with Crippen molar-refractivity contribution in [3.63, 3.8) is 0 Å². The van der Waals surface area contributed by atoms with Crippen molar-refractivity contribution >= 4 is 30.8 Å². The predicted molar refractivity (Wildman–Crippen MR) is 51.3 cm³/mol. The highest BCUT2D eigenvalue weighted by Gasteiger charge is 2.26. The van der Waals surface area contributed by atoms with Gasteiger partial charge in [-0.2, -0.15) is 0 Å². The van der Waals surface area contributed by atoms with Gasteiger partial charge in [-0.15, -0.1) is 30.7 Å². The third-order valence-electron chi connectivity index (χ3n) is 0.956. The number of carbonyl (C=O) groups is 1. The van der Waals surface area contributed by atoms with Crippen molar-refractivity contribution in [1.29, 1.82) is 0 Å². The molecule has 6 heteroatoms. The molecular formula is C6H12Cl2N2O2. The standard InChI is InChI=1S/C6H10N2O2.2ClH/c1-2-3-4-6(7,8)5(9)10;;/h4,7-8H2,1H3,(H,9,10);2*1H. The van der Waals surface area contributed by atoms with Gasteiger partial charge < -0.3 is 16.6 Å². The molecule has 0 rings (SSSR count). The van der Waals surface area contributed by atoms with Crippen molar-refractivity contribution in [2.45, 2.75) is 19.0 Å². The first-order valence-electron chi connectivity index (χ1n) is 2.71. The molecule has 0 bridgehead atoms. The van der Waals surface area contributed by atoms with Crippen molar-refractivity contribution in [1.82, 2.24) is 0 Å². The van der Waals surface area contributed by atoms with E-state index in [-0.39, 0.29) is 31.2 Å². The molecule has 0 atom stereocenters. The van der Waals surface area contributed by atoms with Gasteiger partial charge in [-0.3, -0.25) is 0 Å². The van der Waals surface area contributed by atoms with E-state index in [0.29, 0.717) is 0 Å². The van der Waals surface area contributed by atoms with Gasteiger partial charge in [-0.05, 0) is 6.92 Å². The van der Waals surface area contributed by atoms with Gasteiger partial charge in [0, 0.05) is 0 Å². The lowest BCUT2D eigenvalue weighted by molar-refractivity contribution is -0.142. The number of nitrogens with two attached hydrogens (primary N) is 2. The second kappa shape index (κ2) is 7.19. The summed E-state index contributed by atoms with van der Waals surface area (Å²) in [5, 5.41) is 8.35. The van der Waals surface area contributed by atoms with Gasteiger partial charge in [0.2, 0.25) is 0 Å². The number of hydrogen-bond donors (Lipinski definition) is 3. The fourth-order valence-corrected chi connectivity index (χ4v) is 0.310. The van der Waals surface area contributed by atoms with Gasteiger partial charge >= 0.3 is 5.97 Å². The lowest BCUT2D eigenvalue weighted by atomic mass is 10.1. The van der Waals surface area contributed by atoms with Crippen molar-refractivity contribution in [2.24, 2.45) is 11.5 Å². The third kappa shape index (κ3) is 6.25. The van der Waals surface area contributed by atoms with E-state index in [0.717, 1.165) is 0 Å². The molecule has 0 amide bonds. The van der Waals surface area contributed by atoms with E-state index >= 15 is 0 Å². The van der Waals surface area contributed by atoms with Crippen LogP contribution in [0.2, 0.25) is 0 Å². The lowest BCUT2D eigenvalue weighted by Gasteiger charge is -2.14. The van der Waals surface area contributed by atoms with Crippen LogP contribution in [0.3, 0.4) is 0 Å². The Morgan fingerprint density at radius 1 is 1.50 bits per heavy atom. The summed E-state index contributed by atoms with van der Waals surface area (Å²) in [5.41, 5.74) is 8.54. The second-order valence-electron chi connectivity index (χ2n) is 1.95. The number of aliphatic carboxylic acids is 1. The average molecular weight is 215 g/mol. The largest absolute Gasteiger partial charge is 0.479 e. The molecule has 72 valence electrons. The van der Waals surface area contributed by atoms with Gasteiger partial charge in [-0.25, -0.2) is 4.79 Å². The highest BCUT2D eigenvalue weighted by atomic mass is 35.5. The molecule has 0 saturated heterocycles. The van der Waals surface area contributed by atoms with Crippen LogP contribution < -0.4 is 11.5 Å². The molecule has 0 unspecified atom stereocenters. The summed E-state index contributed by atoms with van der Waals surface area (Å²) in [6.45, 7) is 1.60. The maximum Gasteiger partial charge on any atom is 0.339 e. The van der Waals surface area contributed by atoms with Crippen LogP contribution in [0.4, 0.5) is 0 Å². The van der Waals surface area contributed by atoms with E-state index in [9.17, 15) is 4.79 Å². The SMILES string of the molecule is CC#CCC(N)(N)C(=O)O.Cl.Cl. The summed E-state index contributed by atoms with van der Waals surface area (Å²) < 4.78 is 0. The first-order chi connectivity index (χ1) is 4.50. The van der Waals surface area contributed by atoms with Crippen LogP contribution in [0.25, 0.3) is 0 Å². The summed E-state index contributed by atoms with van der Waals surface area (Å²) in [7, 11) is 0. The highest BCUT2D eigenvalue weighted by molar-refractivity contribution is 5.85. The van der Waals surface area contributed by atoms with Crippen molar-refractivity contribution < 1.29 is 9.90 Å². The Balaban J connectivity index is -0.000000405. The predicted octanol–water partition coefficient (Wildman–Crippen LogP) is -0.0583. The molecule has 0 aromatic heterocycles. The molecule has 0 heterocycles. The zero-order valence-electron chi connectivity index (χ0n) is 6.53. The summed E-state index contributed by atoms with van der Waals surface area (Å²) in [6.07, 6.45) is -0.0289. The minimum absolute atomic E-state index is 0. The summed E-state index contributed by atoms with van der Waals surface area (Å²) in [5.74, 6) is 3.75. The maximum absolute atomic E-state index is 10.2. The smallest absolute Gasteiger partial charge is 0.339 e. The average Bonchev–Trinajstić information content (AvgIpc) is 1.84. The van der Waals surface area contributed by atoms with Crippen LogP contribution in [-0.4, -0.2) is 16.7 Å². The summed E-state index contributed by atoms with van der Waals surface area (Å²) in [4.78, 5) is 10.2. The van der Waals surface area contributed by atoms with E-state index in [1.165, 1.54) is 0 Å². The highest BCUT2D eigenvalue weighted by Crippen LogP contribution is 1.95. The topological polar surface area (TPSA) is 89.3 Å². The molecule has 5 N–H and O–H groups in total. The van der Waals surface area contributed by atoms with E-state index in [2.05, 4.69) is 11.8 Å². The molecule has 0 radical (unpaired) electrons. The van der Waals surface area contributed by atoms with Gasteiger partial charge in [0.25, 0.3) is 0 Å². The van der Waals surface area contributed by atoms with E-state index in [1.807, 2.05) is 0 Å². The monoisotopic (exact) mass is 214 g/mol. The molecule has 0 aromatic rings. The zero-order valence-corrected chi connectivity index (χ0v) is 8.17. The molecule has 0 aliphatic heterocycles. The molecule has 0 spiro atoms. The van der Waals surface area contributed by atoms with Crippen LogP contribution in [0, 0.1) is 11.8 Å². The molecule has 4 nitrogen and oxygen atoms in total. The Bertz CT molecular complexity index is 195. The molecular weight excluding hydrogens is 203 g/mol. The fraction of sp³-hybridized carbons (Fsp3) is 0.500. The van der Waals surface area contributed by atoms with E-state index in [1.54, 1.807) is 6.92 Å². The summed E-state index contributed by atoms with van der Waals surface area (Å²) in [6, 6.07) is 0. The number of carboxylic acids is 1. The Kier molecular flexibility index (Phi) is 10.5. The number of halogens is 2. The first kappa shape index (κ1) is 17.6. The zero-order chi connectivity index (χ0) is 8.20. The van der Waals surface area contributed by atoms with Crippen LogP contribution in [0.5, 0.6) is 0 Å². The van der Waals surface area contributed by atoms with E-state index < -0.39 is 11.6 Å². The molecule has 0 saturated carbocycles. The van der Waals surface area contributed by atoms with Crippen molar-refractivity contribution in [3.05, 3.63) is 0 Å². The lowest BCUT2D eigenvalue weighted by Crippen LogP contribution is -2.56. The van der Waals surface area contributed by atoms with Gasteiger partial charge in [0.15, 0.2) is 5.66 Å². The first-order valence-corrected chi connectivity index (χ1v) is 2.71. The van der Waals surface area contributed by atoms with Crippen LogP contribution in [-0.2, 0) is 4.79 Å². The maximum atomic E-state index is 10.2. The molecule has 0 aromatic carbocycles. The number of carboxylic acid groups (broad SMARTS) is 1. The molecule has 0 aliphatic rings. The molecule has 12 heavy (non-hydrogen) atoms. The van der Waals surface area contributed by atoms with Gasteiger partial charge in [0.1, 0.15) is 0 Å². The number of hydrogen-bond acceptors (Lipinski definition) is 3. The van der Waals surface area contributed by atoms with Gasteiger partial charge in [0.05, 0.1) is 6.42 Å². The fourth-order valence-electron chi connectivity index (χ4n) is 0.310. The quantitative estimate of drug-likeness (QED) is 0.444. The normalized spacial score (nSPS) is 8.25. The van der Waals surface area contributed by atoms with Crippen LogP contribution in [0.1, 0.15) is 13.3 Å². The number of rotatable bonds is 2. The Morgan fingerprint density at radius 2 is 1.92 bits per heavy atom. The van der Waals surface area contributed by atoms with Crippen LogP contribution >= 0.6 is 24.8 Å². The minimum Gasteiger partial charge on any atom is -0.479 e. The minimum atomic E-state index is -1.71. The molecule has 0 aliphatic carbocycles. The summed E-state index contributed by atoms with van der Waals surface area (Å²) >= 11 is 0. The van der Waals surface area contributed by atoms with Gasteiger partial charge in [-0.1, -0.05) is 5.92 Å². The van der Waals surface area contributed by atoms with Crippen LogP contribution in [0.15, 0.2) is 0 Å². The third-order valence-corrected chi connectivity index (χ3v) is 0.956. The Morgan fingerprint density at radius 3 is 2.17 bits per heavy atom. The van der Waals surface area contributed by atoms with Crippen molar-refractivity contribution in [2.75, 3.05) is 0 Å². The van der Waals surface area contributed by atoms with E-state index in [4.69, 9.17) is 16.6 Å². The Labute approximate surface area is 83.5 Å².